The molecular weight excluding hydrogens is 272 g/mol. The van der Waals surface area contributed by atoms with Crippen LogP contribution in [0.25, 0.3) is 0 Å². The second-order valence-corrected chi connectivity index (χ2v) is 3.76. The first kappa shape index (κ1) is 11.9. The molecule has 0 spiro atoms. The van der Waals surface area contributed by atoms with Crippen LogP contribution in [0.1, 0.15) is 18.5 Å². The molecule has 3 nitrogen and oxygen atoms in total. The van der Waals surface area contributed by atoms with Gasteiger partial charge in [-0.25, -0.2) is 13.6 Å². The highest BCUT2D eigenvalue weighted by atomic mass is 79.9. The minimum Gasteiger partial charge on any atom is -0.465 e. The van der Waals surface area contributed by atoms with E-state index in [1.54, 1.807) is 0 Å². The van der Waals surface area contributed by atoms with Crippen LogP contribution in [0.3, 0.4) is 0 Å². The van der Waals surface area contributed by atoms with Gasteiger partial charge in [-0.15, -0.1) is 0 Å². The molecule has 1 aromatic rings. The Hall–Kier alpha value is -1.17. The summed E-state index contributed by atoms with van der Waals surface area (Å²) in [5.74, 6) is -1.52. The highest BCUT2D eigenvalue weighted by Gasteiger charge is 2.13. The minimum atomic E-state index is -1.24. The zero-order chi connectivity index (χ0) is 11.6. The molecule has 82 valence electrons. The summed E-state index contributed by atoms with van der Waals surface area (Å²) in [4.78, 5) is 10.3. The fourth-order valence-electron chi connectivity index (χ4n) is 1.09. The van der Waals surface area contributed by atoms with Gasteiger partial charge in [0.05, 0.1) is 10.5 Å². The number of hydrogen-bond acceptors (Lipinski definition) is 1. The number of benzene rings is 1. The third-order valence-corrected chi connectivity index (χ3v) is 2.60. The number of nitrogens with one attached hydrogen (secondary N) is 1. The van der Waals surface area contributed by atoms with Crippen molar-refractivity contribution in [2.45, 2.75) is 13.0 Å². The van der Waals surface area contributed by atoms with Crippen LogP contribution in [-0.4, -0.2) is 11.2 Å². The summed E-state index contributed by atoms with van der Waals surface area (Å²) in [6.45, 7) is 1.50. The van der Waals surface area contributed by atoms with Crippen LogP contribution in [0.2, 0.25) is 0 Å². The summed E-state index contributed by atoms with van der Waals surface area (Å²) < 4.78 is 25.9. The van der Waals surface area contributed by atoms with E-state index in [-0.39, 0.29) is 10.0 Å². The Morgan fingerprint density at radius 1 is 1.47 bits per heavy atom. The molecule has 0 aliphatic carbocycles. The second kappa shape index (κ2) is 4.57. The van der Waals surface area contributed by atoms with E-state index in [4.69, 9.17) is 5.11 Å². The highest BCUT2D eigenvalue weighted by Crippen LogP contribution is 2.24. The monoisotopic (exact) mass is 279 g/mol. The van der Waals surface area contributed by atoms with Crippen molar-refractivity contribution in [2.75, 3.05) is 0 Å². The van der Waals surface area contributed by atoms with Gasteiger partial charge in [0.25, 0.3) is 0 Å². The Morgan fingerprint density at radius 3 is 2.33 bits per heavy atom. The van der Waals surface area contributed by atoms with E-state index in [1.807, 2.05) is 0 Å². The summed E-state index contributed by atoms with van der Waals surface area (Å²) in [6, 6.07) is 1.49. The average Bonchev–Trinajstić information content (AvgIpc) is 2.12. The van der Waals surface area contributed by atoms with Crippen LogP contribution >= 0.6 is 15.9 Å². The Labute approximate surface area is 93.2 Å². The van der Waals surface area contributed by atoms with Crippen molar-refractivity contribution in [2.24, 2.45) is 0 Å². The van der Waals surface area contributed by atoms with Gasteiger partial charge in [0, 0.05) is 0 Å². The highest BCUT2D eigenvalue weighted by molar-refractivity contribution is 9.10. The number of carboxylic acid groups (broad SMARTS) is 1. The molecule has 0 fully saturated rings. The lowest BCUT2D eigenvalue weighted by Crippen LogP contribution is -2.24. The van der Waals surface area contributed by atoms with E-state index in [2.05, 4.69) is 21.2 Å². The summed E-state index contributed by atoms with van der Waals surface area (Å²) in [5.41, 5.74) is 0.232. The molecule has 6 heteroatoms. The maximum absolute atomic E-state index is 13.1. The zero-order valence-electron chi connectivity index (χ0n) is 7.72. The summed E-state index contributed by atoms with van der Waals surface area (Å²) in [5, 5.41) is 10.5. The first-order valence-electron chi connectivity index (χ1n) is 4.05. The molecule has 0 aliphatic heterocycles. The largest absolute Gasteiger partial charge is 0.465 e. The van der Waals surface area contributed by atoms with E-state index in [9.17, 15) is 13.6 Å². The Bertz CT molecular complexity index is 375. The molecule has 1 amide bonds. The van der Waals surface area contributed by atoms with Crippen LogP contribution in [0, 0.1) is 11.6 Å². The Kier molecular flexibility index (Phi) is 3.62. The van der Waals surface area contributed by atoms with Crippen molar-refractivity contribution in [3.8, 4) is 0 Å². The van der Waals surface area contributed by atoms with E-state index in [0.29, 0.717) is 0 Å². The lowest BCUT2D eigenvalue weighted by Gasteiger charge is -2.12. The lowest BCUT2D eigenvalue weighted by molar-refractivity contribution is 0.191. The molecule has 0 saturated heterocycles. The van der Waals surface area contributed by atoms with Crippen molar-refractivity contribution in [1.29, 1.82) is 0 Å². The molecule has 15 heavy (non-hydrogen) atoms. The lowest BCUT2D eigenvalue weighted by atomic mass is 10.1. The summed E-state index contributed by atoms with van der Waals surface area (Å²) >= 11 is 2.73. The third-order valence-electron chi connectivity index (χ3n) is 1.85. The van der Waals surface area contributed by atoms with Gasteiger partial charge in [-0.05, 0) is 40.5 Å². The summed E-state index contributed by atoms with van der Waals surface area (Å²) in [7, 11) is 0. The van der Waals surface area contributed by atoms with Gasteiger partial charge >= 0.3 is 6.09 Å². The molecule has 2 N–H and O–H groups in total. The van der Waals surface area contributed by atoms with Gasteiger partial charge in [0.1, 0.15) is 11.6 Å². The quantitative estimate of drug-likeness (QED) is 0.818. The fourth-order valence-corrected chi connectivity index (χ4v) is 1.32. The van der Waals surface area contributed by atoms with Gasteiger partial charge in [-0.2, -0.15) is 0 Å². The van der Waals surface area contributed by atoms with Crippen molar-refractivity contribution in [3.63, 3.8) is 0 Å². The SMILES string of the molecule is C[C@@H](NC(=O)O)c1cc(F)c(Br)c(F)c1. The number of halogens is 3. The zero-order valence-corrected chi connectivity index (χ0v) is 9.31. The number of amides is 1. The molecule has 0 unspecified atom stereocenters. The van der Waals surface area contributed by atoms with E-state index in [0.717, 1.165) is 12.1 Å². The molecule has 0 radical (unpaired) electrons. The standard InChI is InChI=1S/C9H8BrF2NO2/c1-4(13-9(14)15)5-2-6(11)8(10)7(12)3-5/h2-4,13H,1H3,(H,14,15)/t4-/m1/s1. The maximum atomic E-state index is 13.1. The Morgan fingerprint density at radius 2 is 1.93 bits per heavy atom. The molecule has 0 saturated carbocycles. The topological polar surface area (TPSA) is 49.3 Å². The first-order chi connectivity index (χ1) is 6.91. The number of carbonyl (C=O) groups is 1. The van der Waals surface area contributed by atoms with Crippen LogP contribution < -0.4 is 5.32 Å². The predicted octanol–water partition coefficient (Wildman–Crippen LogP) is 3.06. The number of hydrogen-bond donors (Lipinski definition) is 2. The molecule has 0 heterocycles. The van der Waals surface area contributed by atoms with Crippen molar-refractivity contribution >= 4 is 22.0 Å². The molecule has 1 rings (SSSR count). The molecule has 1 aromatic carbocycles. The molecule has 0 aliphatic rings. The average molecular weight is 280 g/mol. The summed E-state index contributed by atoms with van der Waals surface area (Å²) in [6.07, 6.45) is -1.24. The van der Waals surface area contributed by atoms with Gasteiger partial charge in [0.2, 0.25) is 0 Å². The normalized spacial score (nSPS) is 12.3. The van der Waals surface area contributed by atoms with Crippen LogP contribution in [0.4, 0.5) is 13.6 Å². The molecule has 1 atom stereocenters. The molecular formula is C9H8BrF2NO2. The van der Waals surface area contributed by atoms with E-state index >= 15 is 0 Å². The van der Waals surface area contributed by atoms with E-state index < -0.39 is 23.8 Å². The number of rotatable bonds is 2. The maximum Gasteiger partial charge on any atom is 0.405 e. The van der Waals surface area contributed by atoms with E-state index in [1.165, 1.54) is 6.92 Å². The molecule has 0 aromatic heterocycles. The van der Waals surface area contributed by atoms with Gasteiger partial charge < -0.3 is 10.4 Å². The van der Waals surface area contributed by atoms with Crippen LogP contribution in [0.5, 0.6) is 0 Å². The van der Waals surface area contributed by atoms with Crippen molar-refractivity contribution in [3.05, 3.63) is 33.8 Å². The van der Waals surface area contributed by atoms with Gasteiger partial charge in [0.15, 0.2) is 0 Å². The van der Waals surface area contributed by atoms with Gasteiger partial charge in [-0.1, -0.05) is 0 Å². The third kappa shape index (κ3) is 2.89. The minimum absolute atomic E-state index is 0.232. The van der Waals surface area contributed by atoms with Gasteiger partial charge in [-0.3, -0.25) is 0 Å². The van der Waals surface area contributed by atoms with Crippen molar-refractivity contribution in [1.82, 2.24) is 5.32 Å². The van der Waals surface area contributed by atoms with Crippen LogP contribution in [0.15, 0.2) is 16.6 Å². The smallest absolute Gasteiger partial charge is 0.405 e. The predicted molar refractivity (Wildman–Crippen MR) is 53.6 cm³/mol. The Balaban J connectivity index is 3.00. The fraction of sp³-hybridized carbons (Fsp3) is 0.222. The second-order valence-electron chi connectivity index (χ2n) is 2.97. The molecule has 0 bridgehead atoms. The van der Waals surface area contributed by atoms with Crippen LogP contribution in [-0.2, 0) is 0 Å². The van der Waals surface area contributed by atoms with Crippen molar-refractivity contribution < 1.29 is 18.7 Å². The first-order valence-corrected chi connectivity index (χ1v) is 4.85.